The molecule has 2 aromatic carbocycles. The summed E-state index contributed by atoms with van der Waals surface area (Å²) in [5, 5.41) is 2.86. The predicted molar refractivity (Wildman–Crippen MR) is 93.6 cm³/mol. The lowest BCUT2D eigenvalue weighted by Gasteiger charge is -2.25. The summed E-state index contributed by atoms with van der Waals surface area (Å²) in [7, 11) is 3.09. The fourth-order valence-electron chi connectivity index (χ4n) is 3.19. The quantitative estimate of drug-likeness (QED) is 0.904. The van der Waals surface area contributed by atoms with Gasteiger partial charge in [-0.2, -0.15) is 0 Å². The fourth-order valence-corrected chi connectivity index (χ4v) is 3.19. The number of methoxy groups -OCH3 is 2. The van der Waals surface area contributed by atoms with Crippen LogP contribution in [0.2, 0.25) is 0 Å². The molecule has 5 nitrogen and oxygen atoms in total. The Labute approximate surface area is 146 Å². The van der Waals surface area contributed by atoms with Crippen LogP contribution in [-0.2, 0) is 0 Å². The average molecular weight is 344 g/mol. The van der Waals surface area contributed by atoms with Gasteiger partial charge in [-0.3, -0.25) is 0 Å². The number of hydrogen-bond donors (Lipinski definition) is 1. The highest BCUT2D eigenvalue weighted by Crippen LogP contribution is 2.34. The molecule has 2 amide bonds. The van der Waals surface area contributed by atoms with Gasteiger partial charge in [0.2, 0.25) is 0 Å². The van der Waals surface area contributed by atoms with Crippen LogP contribution in [-0.4, -0.2) is 31.7 Å². The lowest BCUT2D eigenvalue weighted by molar-refractivity contribution is 0.206. The van der Waals surface area contributed by atoms with E-state index in [1.165, 1.54) is 13.2 Å². The topological polar surface area (TPSA) is 50.8 Å². The molecule has 132 valence electrons. The average Bonchev–Trinajstić information content (AvgIpc) is 3.11. The Hall–Kier alpha value is -2.76. The number of ether oxygens (including phenoxy) is 2. The van der Waals surface area contributed by atoms with Crippen molar-refractivity contribution in [1.82, 2.24) is 4.90 Å². The minimum Gasteiger partial charge on any atom is -0.493 e. The Kier molecular flexibility index (Phi) is 5.07. The van der Waals surface area contributed by atoms with Gasteiger partial charge in [-0.1, -0.05) is 18.2 Å². The molecule has 1 N–H and O–H groups in total. The van der Waals surface area contributed by atoms with E-state index in [1.807, 2.05) is 0 Å². The molecule has 0 aliphatic carbocycles. The highest BCUT2D eigenvalue weighted by atomic mass is 19.1. The molecule has 3 rings (SSSR count). The van der Waals surface area contributed by atoms with Crippen LogP contribution in [0.1, 0.15) is 24.4 Å². The maximum absolute atomic E-state index is 14.1. The molecule has 0 radical (unpaired) electrons. The van der Waals surface area contributed by atoms with E-state index in [4.69, 9.17) is 9.47 Å². The number of carbonyl (C=O) groups excluding carboxylic acids is 1. The third-order valence-electron chi connectivity index (χ3n) is 4.41. The maximum atomic E-state index is 14.1. The summed E-state index contributed by atoms with van der Waals surface area (Å²) in [4.78, 5) is 14.4. The number of likely N-dealkylation sites (tertiary alicyclic amines) is 1. The van der Waals surface area contributed by atoms with Gasteiger partial charge in [0.15, 0.2) is 11.5 Å². The number of benzene rings is 2. The van der Waals surface area contributed by atoms with Gasteiger partial charge >= 0.3 is 6.03 Å². The highest BCUT2D eigenvalue weighted by Gasteiger charge is 2.31. The van der Waals surface area contributed by atoms with Crippen LogP contribution in [0.15, 0.2) is 42.5 Å². The summed E-state index contributed by atoms with van der Waals surface area (Å²) in [6.07, 6.45) is 1.60. The Balaban J connectivity index is 1.77. The molecule has 0 aromatic heterocycles. The number of nitrogens with one attached hydrogen (secondary N) is 1. The first-order chi connectivity index (χ1) is 12.1. The van der Waals surface area contributed by atoms with Crippen molar-refractivity contribution in [1.29, 1.82) is 0 Å². The molecule has 1 heterocycles. The minimum absolute atomic E-state index is 0.249. The van der Waals surface area contributed by atoms with Gasteiger partial charge in [-0.25, -0.2) is 9.18 Å². The number of carbonyl (C=O) groups is 1. The first-order valence-corrected chi connectivity index (χ1v) is 8.18. The summed E-state index contributed by atoms with van der Waals surface area (Å²) in [5.74, 6) is 0.844. The van der Waals surface area contributed by atoms with Gasteiger partial charge in [0, 0.05) is 23.9 Å². The minimum atomic E-state index is -0.279. The summed E-state index contributed by atoms with van der Waals surface area (Å²) < 4.78 is 24.5. The third-order valence-corrected chi connectivity index (χ3v) is 4.41. The normalized spacial score (nSPS) is 16.6. The van der Waals surface area contributed by atoms with Crippen LogP contribution in [0.4, 0.5) is 14.9 Å². The number of anilines is 1. The Morgan fingerprint density at radius 3 is 2.64 bits per heavy atom. The van der Waals surface area contributed by atoms with E-state index in [1.54, 1.807) is 48.4 Å². The van der Waals surface area contributed by atoms with Gasteiger partial charge in [-0.05, 0) is 31.0 Å². The third kappa shape index (κ3) is 3.52. The molecule has 2 aromatic rings. The Bertz CT molecular complexity index is 766. The number of halogens is 1. The molecular weight excluding hydrogens is 323 g/mol. The molecule has 1 aliphatic rings. The van der Waals surface area contributed by atoms with Crippen molar-refractivity contribution in [3.05, 3.63) is 53.8 Å². The summed E-state index contributed by atoms with van der Waals surface area (Å²) in [6.45, 7) is 0.595. The monoisotopic (exact) mass is 344 g/mol. The largest absolute Gasteiger partial charge is 0.493 e. The lowest BCUT2D eigenvalue weighted by Crippen LogP contribution is -2.34. The summed E-state index contributed by atoms with van der Waals surface area (Å²) in [5.41, 5.74) is 1.16. The van der Waals surface area contributed by atoms with E-state index < -0.39 is 0 Å². The van der Waals surface area contributed by atoms with Crippen molar-refractivity contribution < 1.29 is 18.7 Å². The SMILES string of the molecule is COc1ccc(NC(=O)N2CCCC2c2ccccc2F)cc1OC. The van der Waals surface area contributed by atoms with Crippen LogP contribution in [0.25, 0.3) is 0 Å². The van der Waals surface area contributed by atoms with E-state index >= 15 is 0 Å². The number of rotatable bonds is 4. The molecule has 1 atom stereocenters. The molecule has 0 bridgehead atoms. The molecule has 0 spiro atoms. The van der Waals surface area contributed by atoms with E-state index in [2.05, 4.69) is 5.32 Å². The van der Waals surface area contributed by atoms with Crippen molar-refractivity contribution in [2.75, 3.05) is 26.1 Å². The van der Waals surface area contributed by atoms with Gasteiger partial charge in [0.05, 0.1) is 20.3 Å². The Morgan fingerprint density at radius 2 is 1.92 bits per heavy atom. The number of hydrogen-bond acceptors (Lipinski definition) is 3. The zero-order valence-electron chi connectivity index (χ0n) is 14.3. The fraction of sp³-hybridized carbons (Fsp3) is 0.316. The first-order valence-electron chi connectivity index (χ1n) is 8.18. The zero-order valence-corrected chi connectivity index (χ0v) is 14.3. The van der Waals surface area contributed by atoms with E-state index in [0.717, 1.165) is 12.8 Å². The second-order valence-corrected chi connectivity index (χ2v) is 5.87. The van der Waals surface area contributed by atoms with Crippen molar-refractivity contribution in [3.8, 4) is 11.5 Å². The Morgan fingerprint density at radius 1 is 1.16 bits per heavy atom. The second kappa shape index (κ2) is 7.42. The van der Waals surface area contributed by atoms with Crippen LogP contribution in [0, 0.1) is 5.82 Å². The molecule has 1 aliphatic heterocycles. The molecule has 1 unspecified atom stereocenters. The van der Waals surface area contributed by atoms with Gasteiger partial charge in [0.25, 0.3) is 0 Å². The predicted octanol–water partition coefficient (Wildman–Crippen LogP) is 4.21. The van der Waals surface area contributed by atoms with Gasteiger partial charge in [0.1, 0.15) is 5.82 Å². The number of amides is 2. The van der Waals surface area contributed by atoms with Crippen LogP contribution in [0.3, 0.4) is 0 Å². The van der Waals surface area contributed by atoms with Crippen molar-refractivity contribution in [2.24, 2.45) is 0 Å². The van der Waals surface area contributed by atoms with Crippen molar-refractivity contribution in [2.45, 2.75) is 18.9 Å². The highest BCUT2D eigenvalue weighted by molar-refractivity contribution is 5.90. The van der Waals surface area contributed by atoms with Crippen LogP contribution in [0.5, 0.6) is 11.5 Å². The number of nitrogens with zero attached hydrogens (tertiary/aromatic N) is 1. The van der Waals surface area contributed by atoms with E-state index in [-0.39, 0.29) is 17.9 Å². The molecular formula is C19H21FN2O3. The van der Waals surface area contributed by atoms with Crippen LogP contribution >= 0.6 is 0 Å². The molecule has 0 saturated carbocycles. The van der Waals surface area contributed by atoms with Gasteiger partial charge < -0.3 is 19.7 Å². The second-order valence-electron chi connectivity index (χ2n) is 5.87. The summed E-state index contributed by atoms with van der Waals surface area (Å²) in [6, 6.07) is 11.3. The molecule has 6 heteroatoms. The molecule has 1 fully saturated rings. The standard InChI is InChI=1S/C19H21FN2O3/c1-24-17-10-9-13(12-18(17)25-2)21-19(23)22-11-5-8-16(22)14-6-3-4-7-15(14)20/h3-4,6-7,9-10,12,16H,5,8,11H2,1-2H3,(H,21,23). The first kappa shape index (κ1) is 17.1. The van der Waals surface area contributed by atoms with Gasteiger partial charge in [-0.15, -0.1) is 0 Å². The molecule has 25 heavy (non-hydrogen) atoms. The van der Waals surface area contributed by atoms with E-state index in [0.29, 0.717) is 29.3 Å². The lowest BCUT2D eigenvalue weighted by atomic mass is 10.0. The van der Waals surface area contributed by atoms with Crippen molar-refractivity contribution in [3.63, 3.8) is 0 Å². The molecule has 1 saturated heterocycles. The van der Waals surface area contributed by atoms with Crippen molar-refractivity contribution >= 4 is 11.7 Å². The van der Waals surface area contributed by atoms with Crippen LogP contribution < -0.4 is 14.8 Å². The zero-order chi connectivity index (χ0) is 17.8. The summed E-state index contributed by atoms with van der Waals surface area (Å²) >= 11 is 0. The van der Waals surface area contributed by atoms with E-state index in [9.17, 15) is 9.18 Å². The maximum Gasteiger partial charge on any atom is 0.322 e. The smallest absolute Gasteiger partial charge is 0.322 e. The number of urea groups is 1.